The molecule has 0 fully saturated rings. The quantitative estimate of drug-likeness (QED) is 0.666. The molecule has 1 aromatic heterocycles. The van der Waals surface area contributed by atoms with Gasteiger partial charge in [0, 0.05) is 19.2 Å². The van der Waals surface area contributed by atoms with Crippen LogP contribution < -0.4 is 0 Å². The molecule has 2 rings (SSSR count). The first-order valence-electron chi connectivity index (χ1n) is 4.12. The number of thioether (sulfide) groups is 1. The molecule has 1 aromatic carbocycles. The van der Waals surface area contributed by atoms with Crippen molar-refractivity contribution in [3.05, 3.63) is 27.3 Å². The van der Waals surface area contributed by atoms with Crippen LogP contribution in [0.25, 0.3) is 10.1 Å². The SMILES string of the molecule is CSc1sc2c(I)cccc2c1CO. The van der Waals surface area contributed by atoms with Gasteiger partial charge in [-0.25, -0.2) is 0 Å². The van der Waals surface area contributed by atoms with E-state index in [2.05, 4.69) is 41.0 Å². The van der Waals surface area contributed by atoms with E-state index in [0.717, 1.165) is 5.56 Å². The predicted octanol–water partition coefficient (Wildman–Crippen LogP) is 3.72. The number of aliphatic hydroxyl groups excluding tert-OH is 1. The van der Waals surface area contributed by atoms with Crippen LogP contribution in [-0.4, -0.2) is 11.4 Å². The van der Waals surface area contributed by atoms with Crippen molar-refractivity contribution in [2.45, 2.75) is 10.8 Å². The van der Waals surface area contributed by atoms with Gasteiger partial charge in [-0.2, -0.15) is 0 Å². The summed E-state index contributed by atoms with van der Waals surface area (Å²) in [6.07, 6.45) is 2.05. The molecule has 2 aromatic rings. The van der Waals surface area contributed by atoms with E-state index < -0.39 is 0 Å². The van der Waals surface area contributed by atoms with Gasteiger partial charge in [-0.1, -0.05) is 12.1 Å². The second kappa shape index (κ2) is 4.38. The van der Waals surface area contributed by atoms with Crippen LogP contribution in [0, 0.1) is 3.57 Å². The third-order valence-electron chi connectivity index (χ3n) is 2.08. The lowest BCUT2D eigenvalue weighted by Crippen LogP contribution is -1.81. The maximum absolute atomic E-state index is 9.32. The largest absolute Gasteiger partial charge is 0.392 e. The summed E-state index contributed by atoms with van der Waals surface area (Å²) in [7, 11) is 0. The van der Waals surface area contributed by atoms with Crippen molar-refractivity contribution < 1.29 is 5.11 Å². The third-order valence-corrected chi connectivity index (χ3v) is 5.78. The Kier molecular flexibility index (Phi) is 3.36. The summed E-state index contributed by atoms with van der Waals surface area (Å²) >= 11 is 5.82. The van der Waals surface area contributed by atoms with E-state index in [4.69, 9.17) is 0 Å². The Morgan fingerprint density at radius 1 is 1.50 bits per heavy atom. The molecule has 0 aliphatic heterocycles. The van der Waals surface area contributed by atoms with Gasteiger partial charge in [0.15, 0.2) is 0 Å². The number of benzene rings is 1. The molecular weight excluding hydrogens is 327 g/mol. The van der Waals surface area contributed by atoms with E-state index >= 15 is 0 Å². The van der Waals surface area contributed by atoms with Crippen molar-refractivity contribution in [3.8, 4) is 0 Å². The summed E-state index contributed by atoms with van der Waals surface area (Å²) in [4.78, 5) is 0. The van der Waals surface area contributed by atoms with Crippen molar-refractivity contribution in [2.75, 3.05) is 6.26 Å². The lowest BCUT2D eigenvalue weighted by Gasteiger charge is -1.96. The lowest BCUT2D eigenvalue weighted by atomic mass is 10.2. The summed E-state index contributed by atoms with van der Waals surface area (Å²) in [6, 6.07) is 6.23. The molecule has 1 nitrogen and oxygen atoms in total. The number of halogens is 1. The average Bonchev–Trinajstić information content (AvgIpc) is 2.57. The van der Waals surface area contributed by atoms with Gasteiger partial charge >= 0.3 is 0 Å². The van der Waals surface area contributed by atoms with Crippen LogP contribution in [-0.2, 0) is 6.61 Å². The molecule has 0 spiro atoms. The fraction of sp³-hybridized carbons (Fsp3) is 0.200. The Bertz CT molecular complexity index is 464. The van der Waals surface area contributed by atoms with Crippen LogP contribution in [0.2, 0.25) is 0 Å². The van der Waals surface area contributed by atoms with Gasteiger partial charge in [0.2, 0.25) is 0 Å². The van der Waals surface area contributed by atoms with Crippen LogP contribution in [0.5, 0.6) is 0 Å². The van der Waals surface area contributed by atoms with Crippen molar-refractivity contribution in [2.24, 2.45) is 0 Å². The summed E-state index contributed by atoms with van der Waals surface area (Å²) in [5.74, 6) is 0. The van der Waals surface area contributed by atoms with E-state index in [1.807, 2.05) is 6.07 Å². The highest BCUT2D eigenvalue weighted by molar-refractivity contribution is 14.1. The first kappa shape index (κ1) is 10.7. The van der Waals surface area contributed by atoms with Crippen molar-refractivity contribution in [1.29, 1.82) is 0 Å². The number of rotatable bonds is 2. The molecule has 0 saturated carbocycles. The Morgan fingerprint density at radius 3 is 2.93 bits per heavy atom. The van der Waals surface area contributed by atoms with Gasteiger partial charge in [0.25, 0.3) is 0 Å². The fourth-order valence-electron chi connectivity index (χ4n) is 1.43. The van der Waals surface area contributed by atoms with E-state index in [9.17, 15) is 5.11 Å². The van der Waals surface area contributed by atoms with E-state index in [1.54, 1.807) is 23.1 Å². The van der Waals surface area contributed by atoms with Crippen LogP contribution in [0.4, 0.5) is 0 Å². The fourth-order valence-corrected chi connectivity index (χ4v) is 4.21. The van der Waals surface area contributed by atoms with E-state index in [0.29, 0.717) is 0 Å². The van der Waals surface area contributed by atoms with Crippen LogP contribution >= 0.6 is 45.7 Å². The first-order valence-corrected chi connectivity index (χ1v) is 7.24. The summed E-state index contributed by atoms with van der Waals surface area (Å²) < 4.78 is 3.79. The molecule has 0 bridgehead atoms. The summed E-state index contributed by atoms with van der Waals surface area (Å²) in [6.45, 7) is 0.135. The Hall–Kier alpha value is 0.220. The minimum absolute atomic E-state index is 0.135. The molecule has 1 N–H and O–H groups in total. The highest BCUT2D eigenvalue weighted by Gasteiger charge is 2.11. The van der Waals surface area contributed by atoms with Crippen molar-refractivity contribution in [3.63, 3.8) is 0 Å². The van der Waals surface area contributed by atoms with Gasteiger partial charge in [0.05, 0.1) is 10.8 Å². The zero-order valence-corrected chi connectivity index (χ0v) is 11.4. The number of hydrogen-bond donors (Lipinski definition) is 1. The molecule has 1 heterocycles. The van der Waals surface area contributed by atoms with E-state index in [-0.39, 0.29) is 6.61 Å². The maximum Gasteiger partial charge on any atom is 0.0707 e. The van der Waals surface area contributed by atoms with Gasteiger partial charge in [-0.3, -0.25) is 0 Å². The van der Waals surface area contributed by atoms with Gasteiger partial charge in [0.1, 0.15) is 0 Å². The Balaban J connectivity index is 2.79. The zero-order chi connectivity index (χ0) is 10.1. The first-order chi connectivity index (χ1) is 6.77. The van der Waals surface area contributed by atoms with Crippen LogP contribution in [0.3, 0.4) is 0 Å². The highest BCUT2D eigenvalue weighted by atomic mass is 127. The van der Waals surface area contributed by atoms with Crippen molar-refractivity contribution >= 4 is 55.8 Å². The molecule has 0 radical (unpaired) electrons. The smallest absolute Gasteiger partial charge is 0.0707 e. The standard InChI is InChI=1S/C10H9IOS2/c1-13-10-7(5-12)6-3-2-4-8(11)9(6)14-10/h2-4,12H,5H2,1H3. The minimum atomic E-state index is 0.135. The molecule has 0 saturated heterocycles. The second-order valence-corrected chi connectivity index (χ2v) is 6.10. The van der Waals surface area contributed by atoms with Gasteiger partial charge < -0.3 is 5.11 Å². The second-order valence-electron chi connectivity index (χ2n) is 2.85. The lowest BCUT2D eigenvalue weighted by molar-refractivity contribution is 0.281. The molecular formula is C10H9IOS2. The number of hydrogen-bond acceptors (Lipinski definition) is 3. The number of aliphatic hydroxyl groups is 1. The molecule has 0 unspecified atom stereocenters. The molecule has 4 heteroatoms. The highest BCUT2D eigenvalue weighted by Crippen LogP contribution is 2.39. The zero-order valence-electron chi connectivity index (χ0n) is 7.58. The summed E-state index contributed by atoms with van der Waals surface area (Å²) in [5.41, 5.74) is 1.08. The monoisotopic (exact) mass is 336 g/mol. The maximum atomic E-state index is 9.32. The van der Waals surface area contributed by atoms with Crippen LogP contribution in [0.1, 0.15) is 5.56 Å². The van der Waals surface area contributed by atoms with Crippen molar-refractivity contribution in [1.82, 2.24) is 0 Å². The molecule has 74 valence electrons. The third kappa shape index (κ3) is 1.68. The normalized spacial score (nSPS) is 11.1. The summed E-state index contributed by atoms with van der Waals surface area (Å²) in [5, 5.41) is 10.5. The minimum Gasteiger partial charge on any atom is -0.392 e. The Labute approximate surface area is 105 Å². The predicted molar refractivity (Wildman–Crippen MR) is 72.2 cm³/mol. The Morgan fingerprint density at radius 2 is 2.29 bits per heavy atom. The molecule has 0 aliphatic carbocycles. The molecule has 0 amide bonds. The van der Waals surface area contributed by atoms with Gasteiger partial charge in [-0.15, -0.1) is 23.1 Å². The van der Waals surface area contributed by atoms with Crippen LogP contribution in [0.15, 0.2) is 22.4 Å². The molecule has 0 aliphatic rings. The molecule has 0 atom stereocenters. The van der Waals surface area contributed by atoms with Gasteiger partial charge in [-0.05, 0) is 34.9 Å². The number of thiophene rings is 1. The number of fused-ring (bicyclic) bond motifs is 1. The molecule has 14 heavy (non-hydrogen) atoms. The topological polar surface area (TPSA) is 20.2 Å². The average molecular weight is 336 g/mol. The van der Waals surface area contributed by atoms with E-state index in [1.165, 1.54) is 17.9 Å².